The molecular formula is C25H33BrN2O3. The molecular weight excluding hydrogens is 456 g/mol. The van der Waals surface area contributed by atoms with E-state index in [1.165, 1.54) is 5.56 Å². The van der Waals surface area contributed by atoms with Gasteiger partial charge in [-0.05, 0) is 57.9 Å². The van der Waals surface area contributed by atoms with Crippen molar-refractivity contribution in [2.24, 2.45) is 0 Å². The lowest BCUT2D eigenvalue weighted by molar-refractivity contribution is -0.142. The van der Waals surface area contributed by atoms with Gasteiger partial charge in [0.15, 0.2) is 6.61 Å². The van der Waals surface area contributed by atoms with E-state index in [0.717, 1.165) is 16.5 Å². The van der Waals surface area contributed by atoms with Crippen molar-refractivity contribution >= 4 is 27.7 Å². The molecule has 5 nitrogen and oxygen atoms in total. The van der Waals surface area contributed by atoms with Gasteiger partial charge in [0.2, 0.25) is 5.91 Å². The van der Waals surface area contributed by atoms with Gasteiger partial charge in [0.05, 0.1) is 4.47 Å². The molecule has 31 heavy (non-hydrogen) atoms. The summed E-state index contributed by atoms with van der Waals surface area (Å²) < 4.78 is 6.63. The van der Waals surface area contributed by atoms with Crippen LogP contribution in [0.4, 0.5) is 0 Å². The summed E-state index contributed by atoms with van der Waals surface area (Å²) in [5.74, 6) is 0.195. The molecule has 0 heterocycles. The van der Waals surface area contributed by atoms with Crippen molar-refractivity contribution in [3.05, 3.63) is 64.1 Å². The summed E-state index contributed by atoms with van der Waals surface area (Å²) in [5, 5.41) is 2.88. The first-order valence-electron chi connectivity index (χ1n) is 10.7. The van der Waals surface area contributed by atoms with Crippen LogP contribution in [0.15, 0.2) is 53.0 Å². The fourth-order valence-electron chi connectivity index (χ4n) is 3.07. The molecule has 6 heteroatoms. The van der Waals surface area contributed by atoms with E-state index >= 15 is 0 Å². The van der Waals surface area contributed by atoms with Gasteiger partial charge in [-0.3, -0.25) is 9.59 Å². The van der Waals surface area contributed by atoms with Crippen molar-refractivity contribution in [3.8, 4) is 5.75 Å². The van der Waals surface area contributed by atoms with Crippen LogP contribution in [0.25, 0.3) is 0 Å². The standard InChI is InChI=1S/C25H33BrN2O3/c1-6-14-27-24(30)18(2)28(16-19-10-8-7-9-11-19)23(29)17-31-22-13-12-20(15-21(22)26)25(3,4)5/h7-13,15,18H,6,14,16-17H2,1-5H3,(H,27,30)/t18-/m1/s1. The molecule has 1 N–H and O–H groups in total. The first kappa shape index (κ1) is 24.9. The highest BCUT2D eigenvalue weighted by Gasteiger charge is 2.26. The van der Waals surface area contributed by atoms with E-state index in [1.54, 1.807) is 11.8 Å². The average molecular weight is 489 g/mol. The normalized spacial score (nSPS) is 12.2. The van der Waals surface area contributed by atoms with Gasteiger partial charge in [-0.1, -0.05) is 64.1 Å². The van der Waals surface area contributed by atoms with Gasteiger partial charge in [-0.2, -0.15) is 0 Å². The van der Waals surface area contributed by atoms with Crippen molar-refractivity contribution in [2.75, 3.05) is 13.2 Å². The molecule has 0 bridgehead atoms. The zero-order valence-electron chi connectivity index (χ0n) is 19.1. The van der Waals surface area contributed by atoms with Gasteiger partial charge in [0.1, 0.15) is 11.8 Å². The first-order valence-corrected chi connectivity index (χ1v) is 11.5. The Labute approximate surface area is 194 Å². The van der Waals surface area contributed by atoms with Crippen molar-refractivity contribution in [1.82, 2.24) is 10.2 Å². The molecule has 0 saturated carbocycles. The fraction of sp³-hybridized carbons (Fsp3) is 0.440. The number of halogens is 1. The average Bonchev–Trinajstić information content (AvgIpc) is 2.74. The minimum absolute atomic E-state index is 0.0185. The van der Waals surface area contributed by atoms with Gasteiger partial charge in [0.25, 0.3) is 5.91 Å². The number of nitrogens with one attached hydrogen (secondary N) is 1. The molecule has 168 valence electrons. The molecule has 2 aromatic rings. The van der Waals surface area contributed by atoms with Crippen LogP contribution in [0.5, 0.6) is 5.75 Å². The van der Waals surface area contributed by atoms with E-state index in [1.807, 2.05) is 55.5 Å². The van der Waals surface area contributed by atoms with E-state index in [9.17, 15) is 9.59 Å². The number of hydrogen-bond acceptors (Lipinski definition) is 3. The summed E-state index contributed by atoms with van der Waals surface area (Å²) >= 11 is 3.55. The second-order valence-corrected chi connectivity index (χ2v) is 9.51. The van der Waals surface area contributed by atoms with Crippen LogP contribution in [0.3, 0.4) is 0 Å². The topological polar surface area (TPSA) is 58.6 Å². The molecule has 2 aromatic carbocycles. The fourth-order valence-corrected chi connectivity index (χ4v) is 3.56. The lowest BCUT2D eigenvalue weighted by Crippen LogP contribution is -2.49. The van der Waals surface area contributed by atoms with E-state index in [-0.39, 0.29) is 23.8 Å². The molecule has 0 aliphatic heterocycles. The Kier molecular flexibility index (Phi) is 9.11. The monoisotopic (exact) mass is 488 g/mol. The Morgan fingerprint density at radius 2 is 1.81 bits per heavy atom. The number of ether oxygens (including phenoxy) is 1. The molecule has 0 aromatic heterocycles. The lowest BCUT2D eigenvalue weighted by Gasteiger charge is -2.29. The minimum Gasteiger partial charge on any atom is -0.483 e. The summed E-state index contributed by atoms with van der Waals surface area (Å²) in [6.07, 6.45) is 0.840. The van der Waals surface area contributed by atoms with Crippen LogP contribution in [0.2, 0.25) is 0 Å². The smallest absolute Gasteiger partial charge is 0.261 e. The van der Waals surface area contributed by atoms with Crippen molar-refractivity contribution in [1.29, 1.82) is 0 Å². The number of rotatable bonds is 9. The van der Waals surface area contributed by atoms with E-state index in [4.69, 9.17) is 4.74 Å². The Balaban J connectivity index is 2.14. The zero-order chi connectivity index (χ0) is 23.0. The Morgan fingerprint density at radius 3 is 2.39 bits per heavy atom. The molecule has 0 aliphatic rings. The summed E-state index contributed by atoms with van der Waals surface area (Å²) in [6, 6.07) is 14.9. The largest absolute Gasteiger partial charge is 0.483 e. The number of nitrogens with zero attached hydrogens (tertiary/aromatic N) is 1. The van der Waals surface area contributed by atoms with Gasteiger partial charge in [0, 0.05) is 13.1 Å². The molecule has 0 saturated heterocycles. The van der Waals surface area contributed by atoms with Crippen LogP contribution in [0, 0.1) is 0 Å². The van der Waals surface area contributed by atoms with Crippen LogP contribution in [-0.4, -0.2) is 35.9 Å². The molecule has 2 rings (SSSR count). The Morgan fingerprint density at radius 1 is 1.13 bits per heavy atom. The first-order chi connectivity index (χ1) is 14.6. The number of carbonyl (C=O) groups is 2. The highest BCUT2D eigenvalue weighted by molar-refractivity contribution is 9.10. The van der Waals surface area contributed by atoms with Gasteiger partial charge >= 0.3 is 0 Å². The molecule has 0 unspecified atom stereocenters. The summed E-state index contributed by atoms with van der Waals surface area (Å²) in [7, 11) is 0. The predicted octanol–water partition coefficient (Wildman–Crippen LogP) is 5.07. The summed E-state index contributed by atoms with van der Waals surface area (Å²) in [4.78, 5) is 27.2. The van der Waals surface area contributed by atoms with E-state index in [0.29, 0.717) is 18.8 Å². The van der Waals surface area contributed by atoms with Crippen molar-refractivity contribution < 1.29 is 14.3 Å². The molecule has 1 atom stereocenters. The zero-order valence-corrected chi connectivity index (χ0v) is 20.7. The third-order valence-electron chi connectivity index (χ3n) is 5.06. The second kappa shape index (κ2) is 11.3. The van der Waals surface area contributed by atoms with E-state index < -0.39 is 6.04 Å². The quantitative estimate of drug-likeness (QED) is 0.535. The maximum absolute atomic E-state index is 13.1. The summed E-state index contributed by atoms with van der Waals surface area (Å²) in [5.41, 5.74) is 2.15. The van der Waals surface area contributed by atoms with Crippen LogP contribution in [0.1, 0.15) is 52.2 Å². The van der Waals surface area contributed by atoms with E-state index in [2.05, 4.69) is 42.0 Å². The highest BCUT2D eigenvalue weighted by atomic mass is 79.9. The minimum atomic E-state index is -0.602. The SMILES string of the molecule is CCCNC(=O)[C@@H](C)N(Cc1ccccc1)C(=O)COc1ccc(C(C)(C)C)cc1Br. The molecule has 0 aliphatic carbocycles. The van der Waals surface area contributed by atoms with Crippen LogP contribution in [-0.2, 0) is 21.5 Å². The highest BCUT2D eigenvalue weighted by Crippen LogP contribution is 2.31. The third-order valence-corrected chi connectivity index (χ3v) is 5.68. The third kappa shape index (κ3) is 7.39. The maximum atomic E-state index is 13.1. The van der Waals surface area contributed by atoms with Crippen molar-refractivity contribution in [3.63, 3.8) is 0 Å². The molecule has 0 fully saturated rings. The van der Waals surface area contributed by atoms with Gasteiger partial charge in [-0.15, -0.1) is 0 Å². The molecule has 0 spiro atoms. The Hall–Kier alpha value is -2.34. The van der Waals surface area contributed by atoms with Gasteiger partial charge in [-0.25, -0.2) is 0 Å². The number of hydrogen-bond donors (Lipinski definition) is 1. The van der Waals surface area contributed by atoms with Crippen LogP contribution < -0.4 is 10.1 Å². The molecule has 0 radical (unpaired) electrons. The lowest BCUT2D eigenvalue weighted by atomic mass is 9.87. The number of carbonyl (C=O) groups excluding carboxylic acids is 2. The number of benzene rings is 2. The Bertz CT molecular complexity index is 878. The second-order valence-electron chi connectivity index (χ2n) is 8.66. The maximum Gasteiger partial charge on any atom is 0.261 e. The predicted molar refractivity (Wildman–Crippen MR) is 128 cm³/mol. The summed E-state index contributed by atoms with van der Waals surface area (Å²) in [6.45, 7) is 11.0. The van der Waals surface area contributed by atoms with Crippen molar-refractivity contribution in [2.45, 2.75) is 59.0 Å². The van der Waals surface area contributed by atoms with Gasteiger partial charge < -0.3 is 15.0 Å². The molecule has 2 amide bonds. The van der Waals surface area contributed by atoms with Crippen LogP contribution >= 0.6 is 15.9 Å². The number of amides is 2.